The molecule has 1 heterocycles. The Morgan fingerprint density at radius 3 is 2.53 bits per heavy atom. The average molecular weight is 250 g/mol. The molecule has 0 spiro atoms. The Hall–Kier alpha value is -1.41. The lowest BCUT2D eigenvalue weighted by Crippen LogP contribution is -2.21. The third kappa shape index (κ3) is 1.93. The Morgan fingerprint density at radius 1 is 1.29 bits per heavy atom. The van der Waals surface area contributed by atoms with Crippen LogP contribution in [-0.4, -0.2) is 22.9 Å². The van der Waals surface area contributed by atoms with Crippen molar-refractivity contribution in [3.05, 3.63) is 34.4 Å². The van der Waals surface area contributed by atoms with Gasteiger partial charge in [-0.25, -0.2) is 4.98 Å². The topological polar surface area (TPSA) is 52.0 Å². The van der Waals surface area contributed by atoms with Crippen molar-refractivity contribution in [1.29, 1.82) is 0 Å². The molecule has 0 N–H and O–H groups in total. The van der Waals surface area contributed by atoms with Crippen LogP contribution in [0.15, 0.2) is 23.3 Å². The van der Waals surface area contributed by atoms with E-state index in [0.717, 1.165) is 5.56 Å². The molecule has 0 aliphatic rings. The van der Waals surface area contributed by atoms with Crippen molar-refractivity contribution >= 4 is 23.3 Å². The molecular formula is C12H15N2O2P. The van der Waals surface area contributed by atoms with E-state index in [1.807, 2.05) is 13.0 Å². The lowest BCUT2D eigenvalue weighted by atomic mass is 10.2. The Kier molecular flexibility index (Phi) is 2.70. The summed E-state index contributed by atoms with van der Waals surface area (Å²) < 4.78 is 13.7. The zero-order valence-corrected chi connectivity index (χ0v) is 11.3. The van der Waals surface area contributed by atoms with Gasteiger partial charge >= 0.3 is 0 Å². The summed E-state index contributed by atoms with van der Waals surface area (Å²) in [5.41, 5.74) is 1.39. The van der Waals surface area contributed by atoms with E-state index < -0.39 is 7.14 Å². The van der Waals surface area contributed by atoms with Crippen LogP contribution in [0.3, 0.4) is 0 Å². The van der Waals surface area contributed by atoms with Crippen molar-refractivity contribution in [3.63, 3.8) is 0 Å². The summed E-state index contributed by atoms with van der Waals surface area (Å²) in [7, 11) is -0.788. The van der Waals surface area contributed by atoms with Gasteiger partial charge < -0.3 is 9.13 Å². The second-order valence-electron chi connectivity index (χ2n) is 4.64. The molecule has 0 saturated carbocycles. The first-order valence-electron chi connectivity index (χ1n) is 5.33. The van der Waals surface area contributed by atoms with E-state index in [1.165, 1.54) is 10.9 Å². The summed E-state index contributed by atoms with van der Waals surface area (Å²) in [6, 6.07) is 3.58. The average Bonchev–Trinajstić information content (AvgIpc) is 2.21. The molecule has 0 amide bonds. The summed E-state index contributed by atoms with van der Waals surface area (Å²) >= 11 is 0. The second kappa shape index (κ2) is 3.81. The van der Waals surface area contributed by atoms with Crippen LogP contribution in [0.2, 0.25) is 0 Å². The summed E-state index contributed by atoms with van der Waals surface area (Å²) in [6.07, 6.45) is 1.48. The van der Waals surface area contributed by atoms with Crippen LogP contribution < -0.4 is 10.9 Å². The van der Waals surface area contributed by atoms with E-state index in [4.69, 9.17) is 0 Å². The molecule has 0 fully saturated rings. The Labute approximate surface area is 99.7 Å². The van der Waals surface area contributed by atoms with Gasteiger partial charge in [-0.3, -0.25) is 4.79 Å². The van der Waals surface area contributed by atoms with Gasteiger partial charge in [0.05, 0.1) is 17.2 Å². The van der Waals surface area contributed by atoms with Crippen molar-refractivity contribution in [1.82, 2.24) is 9.55 Å². The van der Waals surface area contributed by atoms with Crippen LogP contribution in [0.4, 0.5) is 0 Å². The smallest absolute Gasteiger partial charge is 0.260 e. The number of benzene rings is 1. The molecule has 0 saturated heterocycles. The van der Waals surface area contributed by atoms with Crippen LogP contribution in [0.1, 0.15) is 5.56 Å². The van der Waals surface area contributed by atoms with Crippen molar-refractivity contribution in [2.75, 3.05) is 13.3 Å². The van der Waals surface area contributed by atoms with E-state index in [2.05, 4.69) is 4.98 Å². The Bertz CT molecular complexity index is 697. The fourth-order valence-electron chi connectivity index (χ4n) is 2.05. The van der Waals surface area contributed by atoms with E-state index in [9.17, 15) is 9.36 Å². The van der Waals surface area contributed by atoms with Crippen molar-refractivity contribution in [2.24, 2.45) is 7.05 Å². The first kappa shape index (κ1) is 12.1. The number of aryl methyl sites for hydroxylation is 2. The molecule has 17 heavy (non-hydrogen) atoms. The maximum absolute atomic E-state index is 12.3. The molecule has 2 aromatic rings. The molecule has 0 aliphatic heterocycles. The summed E-state index contributed by atoms with van der Waals surface area (Å²) in [5.74, 6) is 0. The van der Waals surface area contributed by atoms with Gasteiger partial charge in [0, 0.05) is 12.4 Å². The molecular weight excluding hydrogens is 235 g/mol. The molecule has 1 aromatic carbocycles. The van der Waals surface area contributed by atoms with E-state index in [-0.39, 0.29) is 5.56 Å². The molecule has 90 valence electrons. The van der Waals surface area contributed by atoms with E-state index in [0.29, 0.717) is 16.2 Å². The molecule has 0 unspecified atom stereocenters. The first-order chi connectivity index (χ1) is 7.82. The summed E-state index contributed by atoms with van der Waals surface area (Å²) in [6.45, 7) is 5.30. The van der Waals surface area contributed by atoms with Crippen LogP contribution in [0.25, 0.3) is 10.9 Å². The van der Waals surface area contributed by atoms with Gasteiger partial charge in [0.2, 0.25) is 0 Å². The quantitative estimate of drug-likeness (QED) is 0.720. The number of nitrogens with zero attached hydrogens (tertiary/aromatic N) is 2. The van der Waals surface area contributed by atoms with Crippen LogP contribution in [-0.2, 0) is 11.6 Å². The number of fused-ring (bicyclic) bond motifs is 1. The molecule has 2 rings (SSSR count). The normalized spacial score (nSPS) is 12.0. The van der Waals surface area contributed by atoms with Crippen LogP contribution in [0, 0.1) is 6.92 Å². The number of rotatable bonds is 1. The van der Waals surface area contributed by atoms with E-state index in [1.54, 1.807) is 26.4 Å². The highest BCUT2D eigenvalue weighted by molar-refractivity contribution is 7.70. The molecule has 1 aromatic heterocycles. The van der Waals surface area contributed by atoms with Crippen molar-refractivity contribution < 1.29 is 4.57 Å². The monoisotopic (exact) mass is 250 g/mol. The predicted molar refractivity (Wildman–Crippen MR) is 70.8 cm³/mol. The van der Waals surface area contributed by atoms with Crippen LogP contribution >= 0.6 is 7.14 Å². The van der Waals surface area contributed by atoms with Gasteiger partial charge in [-0.1, -0.05) is 6.07 Å². The minimum absolute atomic E-state index is 0.107. The fourth-order valence-corrected chi connectivity index (χ4v) is 3.66. The highest BCUT2D eigenvalue weighted by Gasteiger charge is 2.19. The third-order valence-electron chi connectivity index (χ3n) is 2.80. The minimum Gasteiger partial charge on any atom is -0.319 e. The summed E-state index contributed by atoms with van der Waals surface area (Å²) in [4.78, 5) is 16.2. The predicted octanol–water partition coefficient (Wildman–Crippen LogP) is 1.49. The zero-order valence-electron chi connectivity index (χ0n) is 10.4. The van der Waals surface area contributed by atoms with Crippen LogP contribution in [0.5, 0.6) is 0 Å². The Balaban J connectivity index is 3.04. The third-order valence-corrected chi connectivity index (χ3v) is 4.44. The van der Waals surface area contributed by atoms with Gasteiger partial charge in [0.25, 0.3) is 5.56 Å². The molecule has 0 aliphatic carbocycles. The zero-order chi connectivity index (χ0) is 12.8. The highest BCUT2D eigenvalue weighted by atomic mass is 31.2. The maximum Gasteiger partial charge on any atom is 0.260 e. The van der Waals surface area contributed by atoms with Gasteiger partial charge in [0.15, 0.2) is 0 Å². The Morgan fingerprint density at radius 2 is 1.94 bits per heavy atom. The van der Waals surface area contributed by atoms with Crippen molar-refractivity contribution in [3.8, 4) is 0 Å². The highest BCUT2D eigenvalue weighted by Crippen LogP contribution is 2.37. The molecule has 0 radical (unpaired) electrons. The maximum atomic E-state index is 12.3. The van der Waals surface area contributed by atoms with Gasteiger partial charge in [-0.05, 0) is 31.9 Å². The lowest BCUT2D eigenvalue weighted by Gasteiger charge is -2.13. The SMILES string of the molecule is Cc1ccc2c(=O)n(C)cnc2c1P(C)(C)=O. The summed E-state index contributed by atoms with van der Waals surface area (Å²) in [5, 5.41) is 1.24. The fraction of sp³-hybridized carbons (Fsp3) is 0.333. The van der Waals surface area contributed by atoms with Gasteiger partial charge in [0.1, 0.15) is 7.14 Å². The largest absolute Gasteiger partial charge is 0.319 e. The molecule has 4 nitrogen and oxygen atoms in total. The lowest BCUT2D eigenvalue weighted by molar-refractivity contribution is 0.588. The first-order valence-corrected chi connectivity index (χ1v) is 7.93. The minimum atomic E-state index is -2.45. The van der Waals surface area contributed by atoms with Gasteiger partial charge in [-0.15, -0.1) is 0 Å². The molecule has 0 bridgehead atoms. The van der Waals surface area contributed by atoms with Crippen molar-refractivity contribution in [2.45, 2.75) is 6.92 Å². The standard InChI is InChI=1S/C12H15N2O2P/c1-8-5-6-9-10(11(8)17(3,4)16)13-7-14(2)12(9)15/h5-7H,1-4H3. The van der Waals surface area contributed by atoms with Gasteiger partial charge in [-0.2, -0.15) is 0 Å². The molecule has 0 atom stereocenters. The number of hydrogen-bond acceptors (Lipinski definition) is 3. The molecule has 5 heteroatoms. The number of hydrogen-bond donors (Lipinski definition) is 0. The number of aromatic nitrogens is 2. The van der Waals surface area contributed by atoms with E-state index >= 15 is 0 Å². The second-order valence-corrected chi connectivity index (χ2v) is 7.79.